The van der Waals surface area contributed by atoms with Gasteiger partial charge in [-0.05, 0) is 6.42 Å². The number of nitrogens with zero attached hydrogens (tertiary/aromatic N) is 4. The Labute approximate surface area is 106 Å². The van der Waals surface area contributed by atoms with Crippen molar-refractivity contribution in [3.63, 3.8) is 0 Å². The first kappa shape index (κ1) is 12.3. The fraction of sp³-hybridized carbons (Fsp3) is 0.417. The SMILES string of the molecule is CCCNc1cc(-n2ccnc2CC)nc(N)n1. The molecule has 0 saturated heterocycles. The van der Waals surface area contributed by atoms with Gasteiger partial charge in [0.2, 0.25) is 5.95 Å². The summed E-state index contributed by atoms with van der Waals surface area (Å²) >= 11 is 0. The summed E-state index contributed by atoms with van der Waals surface area (Å²) in [6, 6.07) is 1.88. The smallest absolute Gasteiger partial charge is 0.223 e. The van der Waals surface area contributed by atoms with Crippen LogP contribution in [0.1, 0.15) is 26.1 Å². The summed E-state index contributed by atoms with van der Waals surface area (Å²) in [7, 11) is 0. The predicted molar refractivity (Wildman–Crippen MR) is 71.7 cm³/mol. The number of nitrogens with two attached hydrogens (primary N) is 1. The molecule has 3 N–H and O–H groups in total. The van der Waals surface area contributed by atoms with Gasteiger partial charge in [-0.25, -0.2) is 4.98 Å². The van der Waals surface area contributed by atoms with Crippen LogP contribution in [-0.2, 0) is 6.42 Å². The number of nitrogen functional groups attached to an aromatic ring is 1. The second-order valence-electron chi connectivity index (χ2n) is 3.96. The molecule has 0 aliphatic heterocycles. The summed E-state index contributed by atoms with van der Waals surface area (Å²) in [5.41, 5.74) is 5.73. The molecule has 0 fully saturated rings. The van der Waals surface area contributed by atoms with Crippen LogP contribution < -0.4 is 11.1 Å². The Morgan fingerprint density at radius 2 is 2.17 bits per heavy atom. The van der Waals surface area contributed by atoms with E-state index in [1.54, 1.807) is 6.20 Å². The van der Waals surface area contributed by atoms with Crippen molar-refractivity contribution < 1.29 is 0 Å². The minimum Gasteiger partial charge on any atom is -0.370 e. The highest BCUT2D eigenvalue weighted by Gasteiger charge is 2.07. The van der Waals surface area contributed by atoms with Crippen LogP contribution in [0.3, 0.4) is 0 Å². The molecule has 0 radical (unpaired) electrons. The number of hydrogen-bond acceptors (Lipinski definition) is 5. The molecule has 2 aromatic heterocycles. The van der Waals surface area contributed by atoms with E-state index < -0.39 is 0 Å². The number of nitrogens with one attached hydrogen (secondary N) is 1. The monoisotopic (exact) mass is 246 g/mol. The van der Waals surface area contributed by atoms with E-state index in [4.69, 9.17) is 5.73 Å². The van der Waals surface area contributed by atoms with Gasteiger partial charge in [0.1, 0.15) is 17.5 Å². The number of hydrogen-bond donors (Lipinski definition) is 2. The molecule has 0 bridgehead atoms. The minimum atomic E-state index is 0.266. The van der Waals surface area contributed by atoms with Crippen molar-refractivity contribution >= 4 is 11.8 Å². The first-order valence-electron chi connectivity index (χ1n) is 6.15. The molecule has 6 heteroatoms. The summed E-state index contributed by atoms with van der Waals surface area (Å²) in [5, 5.41) is 3.21. The van der Waals surface area contributed by atoms with Crippen LogP contribution in [0.15, 0.2) is 18.5 Å². The van der Waals surface area contributed by atoms with Crippen molar-refractivity contribution in [2.24, 2.45) is 0 Å². The lowest BCUT2D eigenvalue weighted by atomic mass is 10.4. The first-order chi connectivity index (χ1) is 8.74. The maximum Gasteiger partial charge on any atom is 0.223 e. The van der Waals surface area contributed by atoms with E-state index >= 15 is 0 Å². The molecular weight excluding hydrogens is 228 g/mol. The zero-order valence-electron chi connectivity index (χ0n) is 10.7. The maximum absolute atomic E-state index is 5.73. The molecule has 96 valence electrons. The van der Waals surface area contributed by atoms with Crippen molar-refractivity contribution in [3.8, 4) is 5.82 Å². The lowest BCUT2D eigenvalue weighted by molar-refractivity contribution is 0.862. The number of aromatic nitrogens is 4. The zero-order chi connectivity index (χ0) is 13.0. The molecule has 0 spiro atoms. The van der Waals surface area contributed by atoms with Crippen LogP contribution in [0, 0.1) is 0 Å². The highest BCUT2D eigenvalue weighted by molar-refractivity contribution is 5.46. The Morgan fingerprint density at radius 1 is 1.33 bits per heavy atom. The van der Waals surface area contributed by atoms with Crippen molar-refractivity contribution in [2.45, 2.75) is 26.7 Å². The van der Waals surface area contributed by atoms with E-state index in [2.05, 4.69) is 34.1 Å². The normalized spacial score (nSPS) is 10.6. The standard InChI is InChI=1S/C12H18N6/c1-3-5-14-9-8-11(17-12(13)16-9)18-7-6-15-10(18)4-2/h6-8H,3-5H2,1-2H3,(H3,13,14,16,17). The summed E-state index contributed by atoms with van der Waals surface area (Å²) in [5.74, 6) is 2.71. The topological polar surface area (TPSA) is 81.7 Å². The van der Waals surface area contributed by atoms with E-state index in [0.717, 1.165) is 36.8 Å². The Balaban J connectivity index is 2.35. The summed E-state index contributed by atoms with van der Waals surface area (Å²) < 4.78 is 1.93. The van der Waals surface area contributed by atoms with Crippen LogP contribution in [0.4, 0.5) is 11.8 Å². The van der Waals surface area contributed by atoms with Crippen LogP contribution in [-0.4, -0.2) is 26.1 Å². The van der Waals surface area contributed by atoms with E-state index in [1.807, 2.05) is 16.8 Å². The summed E-state index contributed by atoms with van der Waals surface area (Å²) in [6.45, 7) is 5.02. The summed E-state index contributed by atoms with van der Waals surface area (Å²) in [4.78, 5) is 12.7. The van der Waals surface area contributed by atoms with Gasteiger partial charge in [-0.1, -0.05) is 13.8 Å². The van der Waals surface area contributed by atoms with Gasteiger partial charge in [-0.3, -0.25) is 4.57 Å². The van der Waals surface area contributed by atoms with Gasteiger partial charge < -0.3 is 11.1 Å². The minimum absolute atomic E-state index is 0.266. The van der Waals surface area contributed by atoms with Gasteiger partial charge in [-0.2, -0.15) is 9.97 Å². The zero-order valence-corrected chi connectivity index (χ0v) is 10.7. The molecule has 2 aromatic rings. The average molecular weight is 246 g/mol. The van der Waals surface area contributed by atoms with Crippen molar-refractivity contribution in [1.82, 2.24) is 19.5 Å². The number of imidazole rings is 1. The third-order valence-corrected chi connectivity index (χ3v) is 2.57. The molecule has 6 nitrogen and oxygen atoms in total. The number of aryl methyl sites for hydroxylation is 1. The Bertz CT molecular complexity index is 519. The molecule has 18 heavy (non-hydrogen) atoms. The molecule has 0 aliphatic rings. The van der Waals surface area contributed by atoms with Crippen LogP contribution in [0.2, 0.25) is 0 Å². The van der Waals surface area contributed by atoms with Crippen molar-refractivity contribution in [3.05, 3.63) is 24.3 Å². The highest BCUT2D eigenvalue weighted by Crippen LogP contribution is 2.14. The second kappa shape index (κ2) is 5.48. The van der Waals surface area contributed by atoms with Gasteiger partial charge in [0, 0.05) is 31.4 Å². The van der Waals surface area contributed by atoms with Crippen LogP contribution in [0.25, 0.3) is 5.82 Å². The molecule has 0 unspecified atom stereocenters. The third kappa shape index (κ3) is 2.58. The first-order valence-corrected chi connectivity index (χ1v) is 6.15. The molecule has 2 rings (SSSR count). The largest absolute Gasteiger partial charge is 0.370 e. The van der Waals surface area contributed by atoms with Gasteiger partial charge >= 0.3 is 0 Å². The molecule has 0 amide bonds. The quantitative estimate of drug-likeness (QED) is 0.838. The molecular formula is C12H18N6. The third-order valence-electron chi connectivity index (χ3n) is 2.57. The highest BCUT2D eigenvalue weighted by atomic mass is 15.2. The van der Waals surface area contributed by atoms with Crippen molar-refractivity contribution in [2.75, 3.05) is 17.6 Å². The fourth-order valence-corrected chi connectivity index (χ4v) is 1.72. The lowest BCUT2D eigenvalue weighted by Crippen LogP contribution is -2.09. The summed E-state index contributed by atoms with van der Waals surface area (Å²) in [6.07, 6.45) is 5.51. The Morgan fingerprint density at radius 3 is 2.89 bits per heavy atom. The van der Waals surface area contributed by atoms with Gasteiger partial charge in [-0.15, -0.1) is 0 Å². The molecule has 2 heterocycles. The van der Waals surface area contributed by atoms with Gasteiger partial charge in [0.15, 0.2) is 0 Å². The average Bonchev–Trinajstić information content (AvgIpc) is 2.84. The molecule has 0 aliphatic carbocycles. The number of rotatable bonds is 5. The maximum atomic E-state index is 5.73. The lowest BCUT2D eigenvalue weighted by Gasteiger charge is -2.09. The molecule has 0 atom stereocenters. The van der Waals surface area contributed by atoms with E-state index in [1.165, 1.54) is 0 Å². The van der Waals surface area contributed by atoms with E-state index in [-0.39, 0.29) is 5.95 Å². The van der Waals surface area contributed by atoms with Crippen molar-refractivity contribution in [1.29, 1.82) is 0 Å². The Hall–Kier alpha value is -2.11. The van der Waals surface area contributed by atoms with Crippen LogP contribution in [0.5, 0.6) is 0 Å². The van der Waals surface area contributed by atoms with E-state index in [9.17, 15) is 0 Å². The Kier molecular flexibility index (Phi) is 3.76. The van der Waals surface area contributed by atoms with Crippen LogP contribution >= 0.6 is 0 Å². The van der Waals surface area contributed by atoms with Gasteiger partial charge in [0.25, 0.3) is 0 Å². The fourth-order valence-electron chi connectivity index (χ4n) is 1.72. The van der Waals surface area contributed by atoms with Gasteiger partial charge in [0.05, 0.1) is 0 Å². The second-order valence-corrected chi connectivity index (χ2v) is 3.96. The predicted octanol–water partition coefficient (Wildman–Crippen LogP) is 1.63. The molecule has 0 saturated carbocycles. The number of anilines is 2. The van der Waals surface area contributed by atoms with E-state index in [0.29, 0.717) is 0 Å². The molecule has 0 aromatic carbocycles.